The molecule has 0 saturated heterocycles. The Labute approximate surface area is 113 Å². The fourth-order valence-corrected chi connectivity index (χ4v) is 1.46. The Hall–Kier alpha value is -1.68. The maximum absolute atomic E-state index is 11.4. The molecule has 20 heavy (non-hydrogen) atoms. The average molecular weight is 292 g/mol. The number of esters is 1. The Bertz CT molecular complexity index is 416. The lowest BCUT2D eigenvalue weighted by Gasteiger charge is -2.20. The normalized spacial score (nSPS) is 23.2. The molecule has 1 aliphatic heterocycles. The van der Waals surface area contributed by atoms with E-state index in [1.165, 1.54) is 0 Å². The molecule has 0 radical (unpaired) electrons. The van der Waals surface area contributed by atoms with Gasteiger partial charge in [-0.25, -0.2) is 4.79 Å². The average Bonchev–Trinajstić information content (AvgIpc) is 2.69. The predicted molar refractivity (Wildman–Crippen MR) is 61.3 cm³/mol. The molecule has 2 unspecified atom stereocenters. The summed E-state index contributed by atoms with van der Waals surface area (Å²) in [6.45, 7) is -0.0816. The monoisotopic (exact) mass is 292 g/mol. The minimum Gasteiger partial charge on any atom is -0.505 e. The van der Waals surface area contributed by atoms with Crippen LogP contribution in [0.1, 0.15) is 6.92 Å². The van der Waals surface area contributed by atoms with Gasteiger partial charge >= 0.3 is 5.97 Å². The molecule has 0 bridgehead atoms. The summed E-state index contributed by atoms with van der Waals surface area (Å²) in [7, 11) is 0. The first-order chi connectivity index (χ1) is 9.29. The molecule has 0 fully saturated rings. The molecule has 0 aromatic carbocycles. The Morgan fingerprint density at radius 2 is 2.00 bits per heavy atom. The van der Waals surface area contributed by atoms with Crippen molar-refractivity contribution in [3.8, 4) is 0 Å². The number of aliphatic hydroxyl groups excluding tert-OH is 5. The quantitative estimate of drug-likeness (QED) is 0.317. The zero-order valence-electron chi connectivity index (χ0n) is 10.6. The van der Waals surface area contributed by atoms with E-state index in [1.54, 1.807) is 0 Å². The number of hydrogen-bond acceptors (Lipinski definition) is 9. The van der Waals surface area contributed by atoms with Crippen LogP contribution in [0.3, 0.4) is 0 Å². The van der Waals surface area contributed by atoms with Gasteiger partial charge in [0.05, 0.1) is 6.61 Å². The minimum atomic E-state index is -1.85. The second-order valence-corrected chi connectivity index (χ2v) is 4.23. The molecule has 5 N–H and O–H groups in total. The Morgan fingerprint density at radius 3 is 2.50 bits per heavy atom. The van der Waals surface area contributed by atoms with Gasteiger partial charge in [-0.2, -0.15) is 0 Å². The smallest absolute Gasteiger partial charge is 0.378 e. The lowest BCUT2D eigenvalue weighted by Crippen LogP contribution is -2.42. The van der Waals surface area contributed by atoms with Crippen LogP contribution in [-0.2, 0) is 19.1 Å². The fourth-order valence-electron chi connectivity index (χ4n) is 1.46. The van der Waals surface area contributed by atoms with E-state index in [2.05, 4.69) is 4.74 Å². The van der Waals surface area contributed by atoms with Crippen molar-refractivity contribution >= 4 is 11.8 Å². The molecule has 0 aliphatic carbocycles. The molecule has 0 amide bonds. The minimum absolute atomic E-state index is 0.483. The molecular formula is C11H16O9. The highest BCUT2D eigenvalue weighted by molar-refractivity contribution is 5.90. The number of ether oxygens (including phenoxy) is 2. The number of cyclic esters (lactones) is 1. The van der Waals surface area contributed by atoms with Crippen molar-refractivity contribution in [2.45, 2.75) is 31.3 Å². The van der Waals surface area contributed by atoms with Crippen LogP contribution in [-0.4, -0.2) is 74.9 Å². The van der Waals surface area contributed by atoms with Crippen molar-refractivity contribution < 1.29 is 44.6 Å². The first-order valence-electron chi connectivity index (χ1n) is 5.72. The van der Waals surface area contributed by atoms with Crippen LogP contribution >= 0.6 is 0 Å². The van der Waals surface area contributed by atoms with Crippen LogP contribution in [0, 0.1) is 0 Å². The summed E-state index contributed by atoms with van der Waals surface area (Å²) in [4.78, 5) is 22.3. The third kappa shape index (κ3) is 3.45. The maximum Gasteiger partial charge on any atom is 0.378 e. The summed E-state index contributed by atoms with van der Waals surface area (Å²) in [5.41, 5.74) is 0. The molecule has 0 spiro atoms. The summed E-state index contributed by atoms with van der Waals surface area (Å²) >= 11 is 0. The van der Waals surface area contributed by atoms with Crippen LogP contribution in [0.5, 0.6) is 0 Å². The number of Topliss-reactive ketones (excluding diaryl/α,β-unsaturated/α-hetero) is 1. The molecule has 114 valence electrons. The second-order valence-electron chi connectivity index (χ2n) is 4.23. The molecule has 9 nitrogen and oxygen atoms in total. The molecule has 4 atom stereocenters. The molecule has 0 aromatic heterocycles. The van der Waals surface area contributed by atoms with Gasteiger partial charge in [0.25, 0.3) is 0 Å². The van der Waals surface area contributed by atoms with E-state index in [1.807, 2.05) is 0 Å². The lowest BCUT2D eigenvalue weighted by atomic mass is 10.0. The van der Waals surface area contributed by atoms with Crippen molar-refractivity contribution in [3.63, 3.8) is 0 Å². The molecule has 1 heterocycles. The lowest BCUT2D eigenvalue weighted by molar-refractivity contribution is -0.155. The van der Waals surface area contributed by atoms with Gasteiger partial charge in [0.15, 0.2) is 17.6 Å². The van der Waals surface area contributed by atoms with Crippen molar-refractivity contribution in [2.75, 3.05) is 13.2 Å². The SMILES string of the molecule is CC(=O)C(O)[C@H](O)[C@H]1OC(=O)C(OCC(O)CO)=C1O. The van der Waals surface area contributed by atoms with Crippen molar-refractivity contribution in [1.82, 2.24) is 0 Å². The zero-order chi connectivity index (χ0) is 15.4. The number of carbonyl (C=O) groups excluding carboxylic acids is 2. The van der Waals surface area contributed by atoms with Crippen LogP contribution in [0.4, 0.5) is 0 Å². The highest BCUT2D eigenvalue weighted by Gasteiger charge is 2.44. The molecule has 1 rings (SSSR count). The number of hydrogen-bond donors (Lipinski definition) is 5. The fraction of sp³-hybridized carbons (Fsp3) is 0.636. The van der Waals surface area contributed by atoms with Crippen LogP contribution in [0.25, 0.3) is 0 Å². The standard InChI is InChI=1S/C11H16O9/c1-4(13)6(15)7(16)9-8(17)10(11(18)20-9)19-3-5(14)2-12/h5-7,9,12,14-17H,2-3H2,1H3/t5?,6?,7-,9+/m0/s1. The van der Waals surface area contributed by atoms with Gasteiger partial charge in [-0.1, -0.05) is 0 Å². The molecule has 1 aliphatic rings. The molecular weight excluding hydrogens is 276 g/mol. The van der Waals surface area contributed by atoms with Crippen LogP contribution in [0.2, 0.25) is 0 Å². The number of carbonyl (C=O) groups is 2. The van der Waals surface area contributed by atoms with E-state index in [-0.39, 0.29) is 0 Å². The maximum atomic E-state index is 11.4. The third-order valence-corrected chi connectivity index (χ3v) is 2.60. The first-order valence-corrected chi connectivity index (χ1v) is 5.72. The van der Waals surface area contributed by atoms with Gasteiger partial charge < -0.3 is 35.0 Å². The van der Waals surface area contributed by atoms with Gasteiger partial charge in [0.1, 0.15) is 24.9 Å². The van der Waals surface area contributed by atoms with Gasteiger partial charge in [-0.3, -0.25) is 4.79 Å². The Kier molecular flexibility index (Phi) is 5.45. The third-order valence-electron chi connectivity index (χ3n) is 2.60. The summed E-state index contributed by atoms with van der Waals surface area (Å²) in [6.07, 6.45) is -6.59. The topological polar surface area (TPSA) is 154 Å². The van der Waals surface area contributed by atoms with Crippen molar-refractivity contribution in [1.29, 1.82) is 0 Å². The van der Waals surface area contributed by atoms with Crippen molar-refractivity contribution in [2.24, 2.45) is 0 Å². The number of aliphatic hydroxyl groups is 5. The summed E-state index contributed by atoms with van der Waals surface area (Å²) in [5, 5.41) is 46.3. The van der Waals surface area contributed by atoms with E-state index in [4.69, 9.17) is 14.9 Å². The Balaban J connectivity index is 2.80. The van der Waals surface area contributed by atoms with Gasteiger partial charge in [0, 0.05) is 0 Å². The molecule has 9 heteroatoms. The summed E-state index contributed by atoms with van der Waals surface area (Å²) in [6, 6.07) is 0. The van der Waals surface area contributed by atoms with Gasteiger partial charge in [-0.05, 0) is 6.92 Å². The second kappa shape index (κ2) is 6.66. The van der Waals surface area contributed by atoms with E-state index < -0.39 is 60.9 Å². The number of rotatable bonds is 7. The first kappa shape index (κ1) is 16.4. The van der Waals surface area contributed by atoms with Gasteiger partial charge in [-0.15, -0.1) is 0 Å². The van der Waals surface area contributed by atoms with Crippen molar-refractivity contribution in [3.05, 3.63) is 11.5 Å². The zero-order valence-corrected chi connectivity index (χ0v) is 10.6. The van der Waals surface area contributed by atoms with Gasteiger partial charge in [0.2, 0.25) is 5.76 Å². The van der Waals surface area contributed by atoms with E-state index in [9.17, 15) is 24.9 Å². The summed E-state index contributed by atoms with van der Waals surface area (Å²) in [5.74, 6) is -3.34. The summed E-state index contributed by atoms with van der Waals surface area (Å²) < 4.78 is 9.36. The molecule has 0 aromatic rings. The van der Waals surface area contributed by atoms with Crippen LogP contribution in [0.15, 0.2) is 11.5 Å². The van der Waals surface area contributed by atoms with Crippen LogP contribution < -0.4 is 0 Å². The highest BCUT2D eigenvalue weighted by Crippen LogP contribution is 2.25. The largest absolute Gasteiger partial charge is 0.505 e. The van der Waals surface area contributed by atoms with E-state index >= 15 is 0 Å². The highest BCUT2D eigenvalue weighted by atomic mass is 16.6. The van der Waals surface area contributed by atoms with E-state index in [0.29, 0.717) is 0 Å². The van der Waals surface area contributed by atoms with E-state index in [0.717, 1.165) is 6.92 Å². The Morgan fingerprint density at radius 1 is 1.40 bits per heavy atom. The predicted octanol–water partition coefficient (Wildman–Crippen LogP) is -2.64. The number of ketones is 1. The molecule has 0 saturated carbocycles.